The second kappa shape index (κ2) is 8.21. The lowest BCUT2D eigenvalue weighted by atomic mass is 10.1. The molecule has 6 heteroatoms. The lowest BCUT2D eigenvalue weighted by molar-refractivity contribution is -0.140. The number of nitrogens with zero attached hydrogens (tertiary/aromatic N) is 3. The molecule has 0 aliphatic carbocycles. The van der Waals surface area contributed by atoms with E-state index < -0.39 is 0 Å². The first-order valence-corrected chi connectivity index (χ1v) is 7.40. The van der Waals surface area contributed by atoms with E-state index in [0.717, 1.165) is 12.8 Å². The Morgan fingerprint density at radius 1 is 1.10 bits per heavy atom. The molecular formula is C14H28N4O2. The molecule has 1 unspecified atom stereocenters. The van der Waals surface area contributed by atoms with Crippen molar-refractivity contribution < 1.29 is 9.59 Å². The van der Waals surface area contributed by atoms with Crippen molar-refractivity contribution in [3.63, 3.8) is 0 Å². The molecule has 0 aromatic rings. The van der Waals surface area contributed by atoms with Crippen LogP contribution in [-0.4, -0.2) is 79.4 Å². The predicted octanol–water partition coefficient (Wildman–Crippen LogP) is -0.264. The molecule has 2 N–H and O–H groups in total. The number of hydrogen-bond donors (Lipinski definition) is 1. The van der Waals surface area contributed by atoms with Crippen LogP contribution in [0, 0.1) is 0 Å². The summed E-state index contributed by atoms with van der Waals surface area (Å²) in [6.45, 7) is 4.99. The van der Waals surface area contributed by atoms with Crippen molar-refractivity contribution >= 4 is 11.8 Å². The molecule has 1 aliphatic heterocycles. The topological polar surface area (TPSA) is 69.9 Å². The minimum absolute atomic E-state index is 0.0408. The van der Waals surface area contributed by atoms with Gasteiger partial charge in [0.05, 0.1) is 6.54 Å². The third-order valence-corrected chi connectivity index (χ3v) is 3.53. The van der Waals surface area contributed by atoms with E-state index in [1.165, 1.54) is 0 Å². The summed E-state index contributed by atoms with van der Waals surface area (Å²) >= 11 is 0. The standard InChI is InChI=1S/C14H28N4O2/c1-4-5-12(15)10-13(19)17-6-8-18(9-7-17)14(20)11-16(2)3/h12H,4-11,15H2,1-3H3. The van der Waals surface area contributed by atoms with Crippen molar-refractivity contribution in [3.05, 3.63) is 0 Å². The van der Waals surface area contributed by atoms with Crippen molar-refractivity contribution in [3.8, 4) is 0 Å². The van der Waals surface area contributed by atoms with Gasteiger partial charge in [0.15, 0.2) is 0 Å². The molecule has 0 bridgehead atoms. The first-order chi connectivity index (χ1) is 9.43. The van der Waals surface area contributed by atoms with Crippen LogP contribution in [0.3, 0.4) is 0 Å². The van der Waals surface area contributed by atoms with E-state index in [9.17, 15) is 9.59 Å². The Labute approximate surface area is 121 Å². The Morgan fingerprint density at radius 3 is 2.05 bits per heavy atom. The normalized spacial score (nSPS) is 17.4. The number of rotatable bonds is 6. The van der Waals surface area contributed by atoms with Crippen LogP contribution in [0.2, 0.25) is 0 Å². The van der Waals surface area contributed by atoms with Gasteiger partial charge in [0.25, 0.3) is 0 Å². The molecule has 1 atom stereocenters. The number of carbonyl (C=O) groups is 2. The van der Waals surface area contributed by atoms with Gasteiger partial charge in [0, 0.05) is 38.6 Å². The lowest BCUT2D eigenvalue weighted by Gasteiger charge is -2.35. The molecule has 6 nitrogen and oxygen atoms in total. The highest BCUT2D eigenvalue weighted by Gasteiger charge is 2.24. The average Bonchev–Trinajstić information content (AvgIpc) is 2.38. The summed E-state index contributed by atoms with van der Waals surface area (Å²) in [7, 11) is 3.76. The van der Waals surface area contributed by atoms with Gasteiger partial charge >= 0.3 is 0 Å². The van der Waals surface area contributed by atoms with Crippen LogP contribution in [-0.2, 0) is 9.59 Å². The number of carbonyl (C=O) groups excluding carboxylic acids is 2. The number of hydrogen-bond acceptors (Lipinski definition) is 4. The summed E-state index contributed by atoms with van der Waals surface area (Å²) in [5.41, 5.74) is 5.90. The van der Waals surface area contributed by atoms with Crippen LogP contribution in [0.25, 0.3) is 0 Å². The minimum atomic E-state index is -0.0408. The van der Waals surface area contributed by atoms with E-state index >= 15 is 0 Å². The maximum atomic E-state index is 12.1. The zero-order valence-corrected chi connectivity index (χ0v) is 13.0. The van der Waals surface area contributed by atoms with Gasteiger partial charge in [-0.1, -0.05) is 13.3 Å². The van der Waals surface area contributed by atoms with Gasteiger partial charge in [-0.15, -0.1) is 0 Å². The quantitative estimate of drug-likeness (QED) is 0.729. The average molecular weight is 284 g/mol. The molecular weight excluding hydrogens is 256 g/mol. The monoisotopic (exact) mass is 284 g/mol. The Hall–Kier alpha value is -1.14. The van der Waals surface area contributed by atoms with Crippen LogP contribution in [0.15, 0.2) is 0 Å². The fraction of sp³-hybridized carbons (Fsp3) is 0.857. The van der Waals surface area contributed by atoms with Crippen LogP contribution < -0.4 is 5.73 Å². The van der Waals surface area contributed by atoms with Gasteiger partial charge in [-0.3, -0.25) is 9.59 Å². The molecule has 1 aliphatic rings. The van der Waals surface area contributed by atoms with Crippen molar-refractivity contribution in [2.24, 2.45) is 5.73 Å². The summed E-state index contributed by atoms with van der Waals surface area (Å²) in [6, 6.07) is -0.0408. The largest absolute Gasteiger partial charge is 0.339 e. The number of piperazine rings is 1. The highest BCUT2D eigenvalue weighted by Crippen LogP contribution is 2.07. The van der Waals surface area contributed by atoms with Crippen molar-refractivity contribution in [1.29, 1.82) is 0 Å². The van der Waals surface area contributed by atoms with Gasteiger partial charge in [0.2, 0.25) is 11.8 Å². The first kappa shape index (κ1) is 16.9. The van der Waals surface area contributed by atoms with E-state index in [0.29, 0.717) is 39.1 Å². The van der Waals surface area contributed by atoms with Crippen LogP contribution >= 0.6 is 0 Å². The molecule has 20 heavy (non-hydrogen) atoms. The molecule has 0 spiro atoms. The molecule has 116 valence electrons. The van der Waals surface area contributed by atoms with E-state index in [1.807, 2.05) is 28.8 Å². The predicted molar refractivity (Wildman–Crippen MR) is 79.2 cm³/mol. The third-order valence-electron chi connectivity index (χ3n) is 3.53. The van der Waals surface area contributed by atoms with Crippen molar-refractivity contribution in [2.75, 3.05) is 46.8 Å². The maximum Gasteiger partial charge on any atom is 0.236 e. The van der Waals surface area contributed by atoms with E-state index in [1.54, 1.807) is 0 Å². The van der Waals surface area contributed by atoms with E-state index in [2.05, 4.69) is 6.92 Å². The highest BCUT2D eigenvalue weighted by atomic mass is 16.2. The first-order valence-electron chi connectivity index (χ1n) is 7.40. The van der Waals surface area contributed by atoms with Crippen molar-refractivity contribution in [1.82, 2.24) is 14.7 Å². The minimum Gasteiger partial charge on any atom is -0.339 e. The van der Waals surface area contributed by atoms with Gasteiger partial charge in [-0.05, 0) is 20.5 Å². The molecule has 0 radical (unpaired) electrons. The molecule has 1 heterocycles. The van der Waals surface area contributed by atoms with Crippen LogP contribution in [0.1, 0.15) is 26.2 Å². The van der Waals surface area contributed by atoms with E-state index in [4.69, 9.17) is 5.73 Å². The maximum absolute atomic E-state index is 12.1. The Bertz CT molecular complexity index is 325. The summed E-state index contributed by atoms with van der Waals surface area (Å²) in [4.78, 5) is 29.5. The molecule has 2 amide bonds. The smallest absolute Gasteiger partial charge is 0.236 e. The molecule has 1 rings (SSSR count). The fourth-order valence-electron chi connectivity index (χ4n) is 2.40. The van der Waals surface area contributed by atoms with Crippen molar-refractivity contribution in [2.45, 2.75) is 32.2 Å². The Kier molecular flexibility index (Phi) is 6.95. The summed E-state index contributed by atoms with van der Waals surface area (Å²) in [6.07, 6.45) is 2.30. The zero-order valence-electron chi connectivity index (χ0n) is 13.0. The second-order valence-electron chi connectivity index (χ2n) is 5.75. The second-order valence-corrected chi connectivity index (χ2v) is 5.75. The van der Waals surface area contributed by atoms with Crippen LogP contribution in [0.4, 0.5) is 0 Å². The third kappa shape index (κ3) is 5.46. The van der Waals surface area contributed by atoms with Gasteiger partial charge < -0.3 is 20.4 Å². The van der Waals surface area contributed by atoms with E-state index in [-0.39, 0.29) is 17.9 Å². The number of amides is 2. The summed E-state index contributed by atoms with van der Waals surface area (Å²) in [5.74, 6) is 0.246. The molecule has 0 saturated carbocycles. The van der Waals surface area contributed by atoms with Crippen LogP contribution in [0.5, 0.6) is 0 Å². The lowest BCUT2D eigenvalue weighted by Crippen LogP contribution is -2.52. The van der Waals surface area contributed by atoms with Gasteiger partial charge in [0.1, 0.15) is 0 Å². The van der Waals surface area contributed by atoms with Gasteiger partial charge in [-0.25, -0.2) is 0 Å². The Morgan fingerprint density at radius 2 is 1.60 bits per heavy atom. The van der Waals surface area contributed by atoms with Gasteiger partial charge in [-0.2, -0.15) is 0 Å². The molecule has 1 fully saturated rings. The SMILES string of the molecule is CCCC(N)CC(=O)N1CCN(C(=O)CN(C)C)CC1. The Balaban J connectivity index is 2.34. The molecule has 1 saturated heterocycles. The zero-order chi connectivity index (χ0) is 15.1. The number of nitrogens with two attached hydrogens (primary N) is 1. The highest BCUT2D eigenvalue weighted by molar-refractivity contribution is 5.79. The number of likely N-dealkylation sites (N-methyl/N-ethyl adjacent to an activating group) is 1. The fourth-order valence-corrected chi connectivity index (χ4v) is 2.40. The summed E-state index contributed by atoms with van der Waals surface area (Å²) in [5, 5.41) is 0. The molecule has 0 aromatic carbocycles. The summed E-state index contributed by atoms with van der Waals surface area (Å²) < 4.78 is 0. The molecule has 0 aromatic heterocycles.